The second-order valence-electron chi connectivity index (χ2n) is 4.91. The molecule has 0 aromatic heterocycles. The van der Waals surface area contributed by atoms with E-state index in [1.165, 1.54) is 0 Å². The summed E-state index contributed by atoms with van der Waals surface area (Å²) < 4.78 is 0. The van der Waals surface area contributed by atoms with Crippen molar-refractivity contribution in [1.82, 2.24) is 0 Å². The van der Waals surface area contributed by atoms with Crippen molar-refractivity contribution >= 4 is 17.4 Å². The molecule has 0 atom stereocenters. The lowest BCUT2D eigenvalue weighted by Crippen LogP contribution is -2.20. The van der Waals surface area contributed by atoms with Gasteiger partial charge >= 0.3 is 6.03 Å². The van der Waals surface area contributed by atoms with Crippen molar-refractivity contribution in [1.29, 1.82) is 0 Å². The third kappa shape index (κ3) is 4.59. The van der Waals surface area contributed by atoms with Crippen LogP contribution in [-0.4, -0.2) is 17.5 Å². The molecule has 0 fully saturated rings. The highest BCUT2D eigenvalue weighted by molar-refractivity contribution is 6.00. The Balaban J connectivity index is 2.01. The number of hydrogen-bond acceptors (Lipinski definition) is 3. The topological polar surface area (TPSA) is 84.3 Å². The number of hydrogen-bond donors (Lipinski definition) is 2. The predicted molar refractivity (Wildman–Crippen MR) is 85.8 cm³/mol. The van der Waals surface area contributed by atoms with Crippen LogP contribution in [0.4, 0.5) is 16.2 Å². The number of urea groups is 1. The zero-order valence-electron chi connectivity index (χ0n) is 12.2. The lowest BCUT2D eigenvalue weighted by molar-refractivity contribution is -0.479. The third-order valence-corrected chi connectivity index (χ3v) is 3.14. The summed E-state index contributed by atoms with van der Waals surface area (Å²) in [5.41, 5.74) is 3.11. The molecule has 2 aromatic rings. The molecular weight excluding hydrogens is 282 g/mol. The zero-order valence-corrected chi connectivity index (χ0v) is 12.2. The first-order valence-electron chi connectivity index (χ1n) is 6.89. The van der Waals surface area contributed by atoms with Crippen LogP contribution in [0.15, 0.2) is 48.5 Å². The minimum Gasteiger partial charge on any atom is -0.308 e. The minimum absolute atomic E-state index is 0.168. The molecule has 0 unspecified atom stereocenters. The van der Waals surface area contributed by atoms with Crippen LogP contribution in [0.1, 0.15) is 11.1 Å². The average Bonchev–Trinajstić information content (AvgIpc) is 2.48. The van der Waals surface area contributed by atoms with E-state index in [-0.39, 0.29) is 23.9 Å². The second kappa shape index (κ2) is 7.21. The molecule has 0 aliphatic heterocycles. The number of carbonyl (C=O) groups excluding carboxylic acids is 1. The van der Waals surface area contributed by atoms with Gasteiger partial charge in [-0.1, -0.05) is 35.9 Å². The number of carbonyl (C=O) groups is 1. The smallest absolute Gasteiger partial charge is 0.308 e. The number of anilines is 2. The zero-order chi connectivity index (χ0) is 15.9. The van der Waals surface area contributed by atoms with Crippen molar-refractivity contribution in [3.8, 4) is 0 Å². The van der Waals surface area contributed by atoms with E-state index in [2.05, 4.69) is 10.6 Å². The van der Waals surface area contributed by atoms with E-state index in [0.29, 0.717) is 11.4 Å². The van der Waals surface area contributed by atoms with E-state index >= 15 is 0 Å². The number of nitrogens with one attached hydrogen (secondary N) is 2. The fourth-order valence-electron chi connectivity index (χ4n) is 1.99. The van der Waals surface area contributed by atoms with Gasteiger partial charge in [-0.2, -0.15) is 0 Å². The summed E-state index contributed by atoms with van der Waals surface area (Å²) in [6, 6.07) is 14.1. The number of benzene rings is 2. The normalized spacial score (nSPS) is 10.0. The first kappa shape index (κ1) is 15.5. The Morgan fingerprint density at radius 2 is 1.77 bits per heavy atom. The van der Waals surface area contributed by atoms with Gasteiger partial charge in [-0.25, -0.2) is 4.79 Å². The second-order valence-corrected chi connectivity index (χ2v) is 4.91. The molecular formula is C16H17N3O3. The van der Waals surface area contributed by atoms with E-state index < -0.39 is 0 Å². The van der Waals surface area contributed by atoms with E-state index in [4.69, 9.17) is 0 Å². The van der Waals surface area contributed by atoms with Gasteiger partial charge in [0, 0.05) is 22.7 Å². The van der Waals surface area contributed by atoms with E-state index in [0.717, 1.165) is 11.1 Å². The van der Waals surface area contributed by atoms with Crippen LogP contribution in [0.5, 0.6) is 0 Å². The van der Waals surface area contributed by atoms with E-state index in [1.54, 1.807) is 24.3 Å². The van der Waals surface area contributed by atoms with Crippen LogP contribution in [-0.2, 0) is 6.42 Å². The number of para-hydroxylation sites is 1. The molecule has 0 aliphatic carbocycles. The Kier molecular flexibility index (Phi) is 5.08. The van der Waals surface area contributed by atoms with Crippen LogP contribution in [0.25, 0.3) is 0 Å². The Morgan fingerprint density at radius 1 is 1.09 bits per heavy atom. The molecule has 2 rings (SSSR count). The molecule has 6 nitrogen and oxygen atoms in total. The Bertz CT molecular complexity index is 669. The predicted octanol–water partition coefficient (Wildman–Crippen LogP) is 3.46. The molecule has 0 saturated heterocycles. The summed E-state index contributed by atoms with van der Waals surface area (Å²) in [6.07, 6.45) is 0.272. The van der Waals surface area contributed by atoms with Crippen LogP contribution in [0, 0.1) is 17.0 Å². The van der Waals surface area contributed by atoms with Gasteiger partial charge < -0.3 is 10.6 Å². The maximum absolute atomic E-state index is 12.0. The Morgan fingerprint density at radius 3 is 2.45 bits per heavy atom. The van der Waals surface area contributed by atoms with Crippen molar-refractivity contribution < 1.29 is 9.72 Å². The lowest BCUT2D eigenvalue weighted by atomic mass is 10.1. The van der Waals surface area contributed by atoms with Crippen molar-refractivity contribution in [3.05, 3.63) is 69.8 Å². The quantitative estimate of drug-likeness (QED) is 0.655. The van der Waals surface area contributed by atoms with Crippen LogP contribution < -0.4 is 10.6 Å². The fourth-order valence-corrected chi connectivity index (χ4v) is 1.99. The van der Waals surface area contributed by atoms with Crippen molar-refractivity contribution in [2.24, 2.45) is 0 Å². The van der Waals surface area contributed by atoms with Gasteiger partial charge in [0.25, 0.3) is 0 Å². The Labute approximate surface area is 128 Å². The molecule has 22 heavy (non-hydrogen) atoms. The number of rotatable bonds is 5. The van der Waals surface area contributed by atoms with Gasteiger partial charge in [-0.3, -0.25) is 10.1 Å². The molecule has 6 heteroatoms. The molecule has 2 N–H and O–H groups in total. The van der Waals surface area contributed by atoms with Gasteiger partial charge in [0.05, 0.1) is 0 Å². The summed E-state index contributed by atoms with van der Waals surface area (Å²) >= 11 is 0. The Hall–Kier alpha value is -2.89. The highest BCUT2D eigenvalue weighted by atomic mass is 16.6. The number of nitro groups is 1. The van der Waals surface area contributed by atoms with Crippen LogP contribution >= 0.6 is 0 Å². The summed E-state index contributed by atoms with van der Waals surface area (Å²) in [5.74, 6) is 0. The molecule has 0 bridgehead atoms. The molecule has 0 saturated carbocycles. The largest absolute Gasteiger partial charge is 0.323 e. The first-order valence-corrected chi connectivity index (χ1v) is 6.89. The lowest BCUT2D eigenvalue weighted by Gasteiger charge is -2.11. The highest BCUT2D eigenvalue weighted by Crippen LogP contribution is 2.16. The highest BCUT2D eigenvalue weighted by Gasteiger charge is 2.08. The first-order chi connectivity index (χ1) is 10.5. The van der Waals surface area contributed by atoms with E-state index in [1.807, 2.05) is 31.2 Å². The van der Waals surface area contributed by atoms with E-state index in [9.17, 15) is 14.9 Å². The molecule has 0 radical (unpaired) electrons. The number of nitrogens with zero attached hydrogens (tertiary/aromatic N) is 1. The standard InChI is InChI=1S/C16H17N3O3/c1-12-6-8-14(9-7-12)17-16(20)18-15-5-3-2-4-13(15)10-11-19(21)22/h2-9H,10-11H2,1H3,(H2,17,18,20). The number of amides is 2. The monoisotopic (exact) mass is 299 g/mol. The summed E-state index contributed by atoms with van der Waals surface area (Å²) in [4.78, 5) is 22.1. The number of aryl methyl sites for hydroxylation is 1. The summed E-state index contributed by atoms with van der Waals surface area (Å²) in [5, 5.41) is 15.9. The maximum atomic E-state index is 12.0. The summed E-state index contributed by atoms with van der Waals surface area (Å²) in [7, 11) is 0. The van der Waals surface area contributed by atoms with Gasteiger partial charge in [0.1, 0.15) is 0 Å². The van der Waals surface area contributed by atoms with Gasteiger partial charge in [-0.05, 0) is 30.7 Å². The molecule has 0 heterocycles. The molecule has 114 valence electrons. The minimum atomic E-state index is -0.377. The molecule has 0 spiro atoms. The maximum Gasteiger partial charge on any atom is 0.323 e. The van der Waals surface area contributed by atoms with Crippen molar-refractivity contribution in [2.75, 3.05) is 17.2 Å². The van der Waals surface area contributed by atoms with Crippen LogP contribution in [0.2, 0.25) is 0 Å². The average molecular weight is 299 g/mol. The van der Waals surface area contributed by atoms with Gasteiger partial charge in [-0.15, -0.1) is 0 Å². The molecule has 2 amide bonds. The van der Waals surface area contributed by atoms with Crippen molar-refractivity contribution in [2.45, 2.75) is 13.3 Å². The van der Waals surface area contributed by atoms with Crippen molar-refractivity contribution in [3.63, 3.8) is 0 Å². The SMILES string of the molecule is Cc1ccc(NC(=O)Nc2ccccc2CC[N+](=O)[O-])cc1. The fraction of sp³-hybridized carbons (Fsp3) is 0.188. The van der Waals surface area contributed by atoms with Gasteiger partial charge in [0.2, 0.25) is 6.54 Å². The molecule has 0 aliphatic rings. The van der Waals surface area contributed by atoms with Gasteiger partial charge in [0.15, 0.2) is 0 Å². The molecule has 2 aromatic carbocycles. The summed E-state index contributed by atoms with van der Waals surface area (Å²) in [6.45, 7) is 1.80. The van der Waals surface area contributed by atoms with Crippen LogP contribution in [0.3, 0.4) is 0 Å². The third-order valence-electron chi connectivity index (χ3n) is 3.14.